The maximum Gasteiger partial charge on any atom is 0.257 e. The van der Waals surface area contributed by atoms with Gasteiger partial charge in [0.1, 0.15) is 5.82 Å². The molecule has 0 unspecified atom stereocenters. The van der Waals surface area contributed by atoms with Crippen LogP contribution in [-0.4, -0.2) is 20.7 Å². The summed E-state index contributed by atoms with van der Waals surface area (Å²) in [6, 6.07) is 12.0. The highest BCUT2D eigenvalue weighted by Crippen LogP contribution is 2.29. The summed E-state index contributed by atoms with van der Waals surface area (Å²) in [4.78, 5) is 17.6. The Bertz CT molecular complexity index is 1180. The van der Waals surface area contributed by atoms with E-state index in [4.69, 9.17) is 4.98 Å². The van der Waals surface area contributed by atoms with Gasteiger partial charge in [0.05, 0.1) is 15.9 Å². The summed E-state index contributed by atoms with van der Waals surface area (Å²) < 4.78 is 2.83. The van der Waals surface area contributed by atoms with Crippen LogP contribution in [0.3, 0.4) is 0 Å². The Balaban J connectivity index is 1.73. The topological polar surface area (TPSA) is 59.8 Å². The van der Waals surface area contributed by atoms with Crippen molar-refractivity contribution in [2.24, 2.45) is 0 Å². The number of carbonyl (C=O) groups excluding carboxylic acids is 1. The molecule has 1 amide bonds. The van der Waals surface area contributed by atoms with Gasteiger partial charge < -0.3 is 5.32 Å². The van der Waals surface area contributed by atoms with Crippen LogP contribution in [0, 0.1) is 34.6 Å². The number of amides is 1. The van der Waals surface area contributed by atoms with Crippen LogP contribution in [0.25, 0.3) is 15.3 Å². The molecule has 2 heterocycles. The van der Waals surface area contributed by atoms with Gasteiger partial charge in [-0.1, -0.05) is 29.0 Å². The van der Waals surface area contributed by atoms with Crippen LogP contribution in [-0.2, 0) is 0 Å². The summed E-state index contributed by atoms with van der Waals surface area (Å²) in [6.45, 7) is 10.0. The van der Waals surface area contributed by atoms with Gasteiger partial charge in [-0.2, -0.15) is 9.78 Å². The summed E-state index contributed by atoms with van der Waals surface area (Å²) in [5.74, 6) is 0.478. The maximum absolute atomic E-state index is 12.9. The van der Waals surface area contributed by atoms with Crippen molar-refractivity contribution in [3.05, 3.63) is 69.9 Å². The molecule has 142 valence electrons. The van der Waals surface area contributed by atoms with Gasteiger partial charge in [-0.15, -0.1) is 0 Å². The zero-order chi connectivity index (χ0) is 20.0. The molecule has 0 bridgehead atoms. The summed E-state index contributed by atoms with van der Waals surface area (Å²) in [5, 5.41) is 8.31. The molecular formula is C22H22N4OS. The molecule has 4 aromatic rings. The molecular weight excluding hydrogens is 368 g/mol. The molecule has 1 N–H and O–H groups in total. The standard InChI is InChI=1S/C22H22N4OS/c1-12-6-7-13(2)17(8-12)21(27)24-20-11-16(5)25-26(20)22-23-18-9-14(3)15(4)10-19(18)28-22/h6-11H,1-5H3,(H,24,27). The van der Waals surface area contributed by atoms with Crippen molar-refractivity contribution >= 4 is 33.3 Å². The SMILES string of the molecule is Cc1ccc(C)c(C(=O)Nc2cc(C)nn2-c2nc3cc(C)c(C)cc3s2)c1. The lowest BCUT2D eigenvalue weighted by molar-refractivity contribution is 0.102. The first-order valence-corrected chi connectivity index (χ1v) is 9.97. The second-order valence-electron chi connectivity index (χ2n) is 7.26. The van der Waals surface area contributed by atoms with Gasteiger partial charge in [0.2, 0.25) is 5.13 Å². The first kappa shape index (κ1) is 18.4. The largest absolute Gasteiger partial charge is 0.306 e. The molecule has 0 aliphatic heterocycles. The minimum absolute atomic E-state index is 0.143. The predicted octanol–water partition coefficient (Wildman–Crippen LogP) is 5.28. The van der Waals surface area contributed by atoms with E-state index in [2.05, 4.69) is 36.4 Å². The summed E-state index contributed by atoms with van der Waals surface area (Å²) >= 11 is 1.57. The van der Waals surface area contributed by atoms with E-state index in [0.717, 1.165) is 32.2 Å². The Labute approximate surface area is 168 Å². The third-order valence-corrected chi connectivity index (χ3v) is 5.88. The molecule has 0 atom stereocenters. The Morgan fingerprint density at radius 2 is 1.71 bits per heavy atom. The molecule has 0 radical (unpaired) electrons. The van der Waals surface area contributed by atoms with E-state index in [1.54, 1.807) is 16.0 Å². The van der Waals surface area contributed by atoms with Crippen LogP contribution < -0.4 is 5.32 Å². The fourth-order valence-electron chi connectivity index (χ4n) is 3.16. The average molecular weight is 391 g/mol. The molecule has 0 aliphatic carbocycles. The van der Waals surface area contributed by atoms with E-state index in [1.807, 2.05) is 45.0 Å². The van der Waals surface area contributed by atoms with E-state index in [-0.39, 0.29) is 5.91 Å². The van der Waals surface area contributed by atoms with Crippen LogP contribution in [0.4, 0.5) is 5.82 Å². The summed E-state index contributed by atoms with van der Waals surface area (Å²) in [6.07, 6.45) is 0. The number of fused-ring (bicyclic) bond motifs is 1. The fourth-order valence-corrected chi connectivity index (χ4v) is 4.17. The highest BCUT2D eigenvalue weighted by molar-refractivity contribution is 7.20. The lowest BCUT2D eigenvalue weighted by Gasteiger charge is -2.09. The Morgan fingerprint density at radius 1 is 0.964 bits per heavy atom. The molecule has 4 rings (SSSR count). The highest BCUT2D eigenvalue weighted by Gasteiger charge is 2.17. The number of anilines is 1. The van der Waals surface area contributed by atoms with Gasteiger partial charge in [0.25, 0.3) is 5.91 Å². The lowest BCUT2D eigenvalue weighted by Crippen LogP contribution is -2.16. The molecule has 2 aromatic carbocycles. The summed E-state index contributed by atoms with van der Waals surface area (Å²) in [5.41, 5.74) is 6.88. The van der Waals surface area contributed by atoms with Crippen molar-refractivity contribution in [2.45, 2.75) is 34.6 Å². The van der Waals surface area contributed by atoms with Gasteiger partial charge in [-0.3, -0.25) is 4.79 Å². The minimum Gasteiger partial charge on any atom is -0.306 e. The van der Waals surface area contributed by atoms with Crippen LogP contribution in [0.2, 0.25) is 0 Å². The van der Waals surface area contributed by atoms with Crippen LogP contribution in [0.15, 0.2) is 36.4 Å². The molecule has 0 saturated heterocycles. The third-order valence-electron chi connectivity index (χ3n) is 4.88. The number of hydrogen-bond donors (Lipinski definition) is 1. The predicted molar refractivity (Wildman–Crippen MR) is 115 cm³/mol. The second-order valence-corrected chi connectivity index (χ2v) is 8.26. The number of thiazole rings is 1. The van der Waals surface area contributed by atoms with Gasteiger partial charge in [0.15, 0.2) is 0 Å². The van der Waals surface area contributed by atoms with Crippen molar-refractivity contribution in [1.82, 2.24) is 14.8 Å². The van der Waals surface area contributed by atoms with E-state index in [9.17, 15) is 4.79 Å². The van der Waals surface area contributed by atoms with Gasteiger partial charge >= 0.3 is 0 Å². The number of rotatable bonds is 3. The van der Waals surface area contributed by atoms with Crippen molar-refractivity contribution in [2.75, 3.05) is 5.32 Å². The normalized spacial score (nSPS) is 11.2. The van der Waals surface area contributed by atoms with E-state index in [1.165, 1.54) is 11.1 Å². The number of benzene rings is 2. The van der Waals surface area contributed by atoms with Gasteiger partial charge in [-0.25, -0.2) is 4.98 Å². The second kappa shape index (κ2) is 6.87. The van der Waals surface area contributed by atoms with Crippen molar-refractivity contribution in [3.8, 4) is 5.13 Å². The Kier molecular flexibility index (Phi) is 4.51. The lowest BCUT2D eigenvalue weighted by atomic mass is 10.1. The maximum atomic E-state index is 12.9. The average Bonchev–Trinajstić information content (AvgIpc) is 3.20. The zero-order valence-corrected chi connectivity index (χ0v) is 17.4. The van der Waals surface area contributed by atoms with Crippen molar-refractivity contribution < 1.29 is 4.79 Å². The van der Waals surface area contributed by atoms with E-state index in [0.29, 0.717) is 11.4 Å². The molecule has 6 heteroatoms. The highest BCUT2D eigenvalue weighted by atomic mass is 32.1. The number of carbonyl (C=O) groups is 1. The van der Waals surface area contributed by atoms with E-state index >= 15 is 0 Å². The molecule has 28 heavy (non-hydrogen) atoms. The van der Waals surface area contributed by atoms with Crippen LogP contribution in [0.5, 0.6) is 0 Å². The third kappa shape index (κ3) is 3.31. The van der Waals surface area contributed by atoms with Crippen LogP contribution >= 0.6 is 11.3 Å². The van der Waals surface area contributed by atoms with Crippen molar-refractivity contribution in [3.63, 3.8) is 0 Å². The quantitative estimate of drug-likeness (QED) is 0.518. The molecule has 0 spiro atoms. The number of nitrogens with one attached hydrogen (secondary N) is 1. The van der Waals surface area contributed by atoms with Crippen molar-refractivity contribution in [1.29, 1.82) is 0 Å². The molecule has 0 saturated carbocycles. The van der Waals surface area contributed by atoms with Crippen LogP contribution in [0.1, 0.15) is 38.3 Å². The Morgan fingerprint density at radius 3 is 2.50 bits per heavy atom. The smallest absolute Gasteiger partial charge is 0.257 e. The van der Waals surface area contributed by atoms with E-state index < -0.39 is 0 Å². The number of nitrogens with zero attached hydrogens (tertiary/aromatic N) is 3. The zero-order valence-electron chi connectivity index (χ0n) is 16.6. The molecule has 0 aliphatic rings. The minimum atomic E-state index is -0.143. The summed E-state index contributed by atoms with van der Waals surface area (Å²) in [7, 11) is 0. The monoisotopic (exact) mass is 390 g/mol. The molecule has 5 nitrogen and oxygen atoms in total. The molecule has 0 fully saturated rings. The number of aromatic nitrogens is 3. The fraction of sp³-hybridized carbons (Fsp3) is 0.227. The van der Waals surface area contributed by atoms with Gasteiger partial charge in [-0.05, 0) is 69.5 Å². The van der Waals surface area contributed by atoms with Gasteiger partial charge in [0, 0.05) is 11.6 Å². The Hall–Kier alpha value is -2.99. The first-order valence-electron chi connectivity index (χ1n) is 9.15. The first-order chi connectivity index (χ1) is 13.3. The number of hydrogen-bond acceptors (Lipinski definition) is 4. The number of aryl methyl sites for hydroxylation is 5. The molecule has 2 aromatic heterocycles.